The van der Waals surface area contributed by atoms with Crippen molar-refractivity contribution in [2.75, 3.05) is 39.6 Å². The fraction of sp³-hybridized carbons (Fsp3) is 0.884. The number of allylic oxidation sites excluding steroid dienone is 4. The lowest BCUT2D eigenvalue weighted by atomic mass is 9.99. The molecular weight excluding hydrogens is 1160 g/mol. The van der Waals surface area contributed by atoms with Gasteiger partial charge in [0.05, 0.1) is 26.4 Å². The van der Waals surface area contributed by atoms with Crippen molar-refractivity contribution in [2.45, 2.75) is 342 Å². The minimum absolute atomic E-state index is 0.0847. The highest BCUT2D eigenvalue weighted by Gasteiger charge is 2.30. The average Bonchev–Trinajstić information content (AvgIpc) is 3.70. The van der Waals surface area contributed by atoms with Gasteiger partial charge in [0.1, 0.15) is 19.3 Å². The molecule has 0 amide bonds. The molecule has 0 bridgehead atoms. The summed E-state index contributed by atoms with van der Waals surface area (Å²) < 4.78 is 68.0. The van der Waals surface area contributed by atoms with Crippen LogP contribution < -0.4 is 0 Å². The molecule has 0 aliphatic heterocycles. The number of esters is 4. The second-order valence-electron chi connectivity index (χ2n) is 24.9. The molecule has 0 saturated carbocycles. The van der Waals surface area contributed by atoms with Gasteiger partial charge in [-0.25, -0.2) is 9.13 Å². The predicted octanol–water partition coefficient (Wildman–Crippen LogP) is 19.2. The van der Waals surface area contributed by atoms with E-state index in [1.54, 1.807) is 0 Å². The molecule has 0 spiro atoms. The number of hydrogen-bond acceptors (Lipinski definition) is 15. The van der Waals surface area contributed by atoms with E-state index in [9.17, 15) is 43.2 Å². The lowest BCUT2D eigenvalue weighted by Gasteiger charge is -2.21. The van der Waals surface area contributed by atoms with E-state index < -0.39 is 97.5 Å². The van der Waals surface area contributed by atoms with Crippen LogP contribution in [0.2, 0.25) is 0 Å². The molecule has 3 N–H and O–H groups in total. The summed E-state index contributed by atoms with van der Waals surface area (Å²) in [5.74, 6) is -0.597. The third kappa shape index (κ3) is 61.1. The van der Waals surface area contributed by atoms with Crippen LogP contribution in [0.15, 0.2) is 24.3 Å². The minimum atomic E-state index is -4.96. The van der Waals surface area contributed by atoms with Crippen LogP contribution in [0.3, 0.4) is 0 Å². The first-order valence-electron chi connectivity index (χ1n) is 35.3. The van der Waals surface area contributed by atoms with Gasteiger partial charge in [-0.2, -0.15) is 0 Å². The molecule has 0 saturated heterocycles. The Balaban J connectivity index is 5.21. The van der Waals surface area contributed by atoms with Crippen LogP contribution in [0.25, 0.3) is 0 Å². The van der Waals surface area contributed by atoms with Gasteiger partial charge in [0, 0.05) is 25.7 Å². The van der Waals surface area contributed by atoms with E-state index >= 15 is 0 Å². The third-order valence-corrected chi connectivity index (χ3v) is 17.6. The van der Waals surface area contributed by atoms with E-state index in [0.717, 1.165) is 121 Å². The summed E-state index contributed by atoms with van der Waals surface area (Å²) >= 11 is 0. The lowest BCUT2D eigenvalue weighted by Crippen LogP contribution is -2.30. The van der Waals surface area contributed by atoms with E-state index in [2.05, 4.69) is 65.8 Å². The number of unbranched alkanes of at least 4 members (excludes halogenated alkanes) is 32. The number of aliphatic hydroxyl groups excluding tert-OH is 1. The summed E-state index contributed by atoms with van der Waals surface area (Å²) in [7, 11) is -9.90. The summed E-state index contributed by atoms with van der Waals surface area (Å²) in [6.45, 7) is 9.41. The van der Waals surface area contributed by atoms with Gasteiger partial charge >= 0.3 is 39.5 Å². The van der Waals surface area contributed by atoms with Gasteiger partial charge in [0.15, 0.2) is 12.2 Å². The molecule has 0 aliphatic rings. The van der Waals surface area contributed by atoms with E-state index in [1.165, 1.54) is 122 Å². The molecule has 0 fully saturated rings. The maximum absolute atomic E-state index is 13.0. The second kappa shape index (κ2) is 60.8. The van der Waals surface area contributed by atoms with Gasteiger partial charge in [-0.15, -0.1) is 0 Å². The van der Waals surface area contributed by atoms with Crippen LogP contribution in [0, 0.1) is 11.8 Å². The molecule has 0 rings (SSSR count). The Morgan fingerprint density at radius 1 is 0.375 bits per heavy atom. The van der Waals surface area contributed by atoms with Crippen LogP contribution in [0.4, 0.5) is 0 Å². The Kier molecular flexibility index (Phi) is 59.1. The Labute approximate surface area is 535 Å². The van der Waals surface area contributed by atoms with Crippen molar-refractivity contribution < 1.29 is 80.2 Å². The fourth-order valence-electron chi connectivity index (χ4n) is 9.84. The first-order valence-corrected chi connectivity index (χ1v) is 38.3. The van der Waals surface area contributed by atoms with E-state index in [0.29, 0.717) is 25.7 Å². The molecular formula is C69H130O17P2. The number of ether oxygens (including phenoxy) is 4. The zero-order chi connectivity index (χ0) is 65.0. The molecule has 19 heteroatoms. The number of carbonyl (C=O) groups is 4. The van der Waals surface area contributed by atoms with E-state index in [4.69, 9.17) is 37.0 Å². The van der Waals surface area contributed by atoms with Crippen molar-refractivity contribution in [1.82, 2.24) is 0 Å². The lowest BCUT2D eigenvalue weighted by molar-refractivity contribution is -0.161. The Morgan fingerprint density at radius 2 is 0.670 bits per heavy atom. The summed E-state index contributed by atoms with van der Waals surface area (Å²) in [6.07, 6.45) is 48.3. The summed E-state index contributed by atoms with van der Waals surface area (Å²) in [4.78, 5) is 72.2. The van der Waals surface area contributed by atoms with E-state index in [-0.39, 0.29) is 25.7 Å². The monoisotopic (exact) mass is 1290 g/mol. The summed E-state index contributed by atoms with van der Waals surface area (Å²) in [5, 5.41) is 10.5. The van der Waals surface area contributed by atoms with Crippen molar-refractivity contribution in [3.8, 4) is 0 Å². The number of phosphoric ester groups is 2. The zero-order valence-electron chi connectivity index (χ0n) is 56.5. The highest BCUT2D eigenvalue weighted by molar-refractivity contribution is 7.47. The van der Waals surface area contributed by atoms with Crippen LogP contribution >= 0.6 is 15.6 Å². The number of rotatable bonds is 66. The normalized spacial score (nSPS) is 14.7. The molecule has 0 heterocycles. The van der Waals surface area contributed by atoms with Crippen molar-refractivity contribution in [3.63, 3.8) is 0 Å². The van der Waals surface area contributed by atoms with Gasteiger partial charge in [0.2, 0.25) is 0 Å². The first kappa shape index (κ1) is 85.5. The first-order chi connectivity index (χ1) is 42.4. The number of phosphoric acid groups is 2. The molecule has 6 atom stereocenters. The topological polar surface area (TPSA) is 237 Å². The van der Waals surface area contributed by atoms with Gasteiger partial charge < -0.3 is 33.8 Å². The smallest absolute Gasteiger partial charge is 0.462 e. The number of aliphatic hydroxyl groups is 1. The molecule has 0 aromatic rings. The van der Waals surface area contributed by atoms with Gasteiger partial charge in [0.25, 0.3) is 0 Å². The highest BCUT2D eigenvalue weighted by atomic mass is 31.2. The van der Waals surface area contributed by atoms with E-state index in [1.807, 2.05) is 0 Å². The standard InChI is InChI=1S/C69H130O17P2/c1-7-10-12-14-15-16-17-18-19-20-23-30-35-41-47-53-69(74)86-65(58-80-67(72)52-46-40-34-29-24-21-22-27-32-38-43-49-61(4)5)60-84-88(77,78)82-56-63(70)55-81-87(75,76)83-59-64(57-79-66(71)51-45-37-13-11-8-2)85-68(73)54-48-42-36-31-26-25-28-33-39-44-50-62(6)9-3/h16-19,61-65,70H,7-15,20-60H2,1-6H3,(H,75,76)(H,77,78)/b17-16-,19-18-/t62?,63-,64+,65+/m0/s1. The molecule has 3 unspecified atom stereocenters. The van der Waals surface area contributed by atoms with Crippen LogP contribution in [-0.4, -0.2) is 96.7 Å². The summed E-state index contributed by atoms with van der Waals surface area (Å²) in [5.41, 5.74) is 0. The molecule has 0 radical (unpaired) electrons. The molecule has 17 nitrogen and oxygen atoms in total. The minimum Gasteiger partial charge on any atom is -0.462 e. The summed E-state index contributed by atoms with van der Waals surface area (Å²) in [6, 6.07) is 0. The Hall–Kier alpha value is -2.46. The van der Waals surface area contributed by atoms with Crippen molar-refractivity contribution in [1.29, 1.82) is 0 Å². The Morgan fingerprint density at radius 3 is 1.02 bits per heavy atom. The van der Waals surface area contributed by atoms with Crippen molar-refractivity contribution in [3.05, 3.63) is 24.3 Å². The number of carbonyl (C=O) groups excluding carboxylic acids is 4. The molecule has 0 aromatic carbocycles. The van der Waals surface area contributed by atoms with Gasteiger partial charge in [-0.1, -0.05) is 271 Å². The largest absolute Gasteiger partial charge is 0.472 e. The third-order valence-electron chi connectivity index (χ3n) is 15.7. The predicted molar refractivity (Wildman–Crippen MR) is 354 cm³/mol. The quantitative estimate of drug-likeness (QED) is 0.0169. The Bertz CT molecular complexity index is 1810. The highest BCUT2D eigenvalue weighted by Crippen LogP contribution is 2.45. The van der Waals surface area contributed by atoms with Crippen LogP contribution in [0.5, 0.6) is 0 Å². The van der Waals surface area contributed by atoms with Gasteiger partial charge in [-0.3, -0.25) is 37.3 Å². The molecule has 0 aromatic heterocycles. The second-order valence-corrected chi connectivity index (χ2v) is 27.9. The molecule has 0 aliphatic carbocycles. The molecule has 518 valence electrons. The maximum atomic E-state index is 13.0. The van der Waals surface area contributed by atoms with Crippen LogP contribution in [0.1, 0.15) is 324 Å². The zero-order valence-corrected chi connectivity index (χ0v) is 58.3. The van der Waals surface area contributed by atoms with Crippen molar-refractivity contribution >= 4 is 39.5 Å². The van der Waals surface area contributed by atoms with Crippen LogP contribution in [-0.2, 0) is 65.4 Å². The maximum Gasteiger partial charge on any atom is 0.472 e. The molecule has 88 heavy (non-hydrogen) atoms. The number of hydrogen-bond donors (Lipinski definition) is 3. The van der Waals surface area contributed by atoms with Gasteiger partial charge in [-0.05, 0) is 63.2 Å². The average molecular weight is 1290 g/mol. The SMILES string of the molecule is CCCCCC/C=C\C=C/CCCCCCCC(=O)O[C@H](COC(=O)CCCCCCCCCCCCCC(C)C)COP(=O)(O)OC[C@@H](O)COP(=O)(O)OC[C@@H](COC(=O)CCCCCCC)OC(=O)CCCCCCCCCCCCC(C)CC. The van der Waals surface area contributed by atoms with Crippen molar-refractivity contribution in [2.24, 2.45) is 11.8 Å². The fourth-order valence-corrected chi connectivity index (χ4v) is 11.4.